The second-order valence-electron chi connectivity index (χ2n) is 1.04. The highest BCUT2D eigenvalue weighted by atomic mass is 19.3. The minimum atomic E-state index is -2.91. The van der Waals surface area contributed by atoms with Crippen molar-refractivity contribution in [2.75, 3.05) is 0 Å². The lowest BCUT2D eigenvalue weighted by molar-refractivity contribution is 0.308. The molecule has 0 radical (unpaired) electrons. The molecule has 0 N–H and O–H groups in total. The molecule has 0 atom stereocenters. The predicted molar refractivity (Wildman–Crippen MR) is 22.9 cm³/mol. The van der Waals surface area contributed by atoms with Gasteiger partial charge in [0, 0.05) is 0 Å². The van der Waals surface area contributed by atoms with E-state index in [4.69, 9.17) is 0 Å². The van der Waals surface area contributed by atoms with Gasteiger partial charge in [-0.1, -0.05) is 0 Å². The van der Waals surface area contributed by atoms with Crippen molar-refractivity contribution < 1.29 is 35.1 Å². The molecule has 0 saturated carbocycles. The molecule has 0 aliphatic heterocycles. The molecule has 0 heterocycles. The Morgan fingerprint density at radius 1 is 0.333 bits per heavy atom. The second-order valence-corrected chi connectivity index (χ2v) is 1.04. The van der Waals surface area contributed by atoms with Gasteiger partial charge >= 0.3 is 24.3 Å². The highest BCUT2D eigenvalue weighted by molar-refractivity contribution is 4.77. The highest BCUT2D eigenvalue weighted by Crippen LogP contribution is 2.08. The molecule has 0 rings (SSSR count). The summed E-state index contributed by atoms with van der Waals surface area (Å²) in [5, 5.41) is 0. The van der Waals surface area contributed by atoms with Gasteiger partial charge < -0.3 is 0 Å². The van der Waals surface area contributed by atoms with Crippen molar-refractivity contribution in [2.24, 2.45) is 0 Å². The van der Waals surface area contributed by atoms with E-state index in [0.29, 0.717) is 0 Å². The number of halogens is 8. The van der Waals surface area contributed by atoms with Crippen molar-refractivity contribution in [3.63, 3.8) is 0 Å². The molecule has 0 nitrogen and oxygen atoms in total. The van der Waals surface area contributed by atoms with Gasteiger partial charge in [0.15, 0.2) is 0 Å². The van der Waals surface area contributed by atoms with Gasteiger partial charge in [0.05, 0.1) is 0 Å². The van der Waals surface area contributed by atoms with Crippen molar-refractivity contribution in [1.29, 1.82) is 0 Å². The molecule has 0 aromatic rings. The Hall–Kier alpha value is -1.08. The van der Waals surface area contributed by atoms with Gasteiger partial charge in [0.2, 0.25) is 0 Å². The molecule has 0 aromatic heterocycles. The largest absolute Gasteiger partial charge is 0.334 e. The summed E-state index contributed by atoms with van der Waals surface area (Å²) in [6.07, 6.45) is -11.6. The lowest BCUT2D eigenvalue weighted by atomic mass is 11.1. The Morgan fingerprint density at radius 2 is 0.417 bits per heavy atom. The molecule has 0 aliphatic carbocycles. The van der Waals surface area contributed by atoms with Crippen LogP contribution in [0.1, 0.15) is 0 Å². The smallest absolute Gasteiger partial charge is 0.167 e. The van der Waals surface area contributed by atoms with Crippen LogP contribution in [0.5, 0.6) is 0 Å². The molecule has 0 fully saturated rings. The van der Waals surface area contributed by atoms with Crippen LogP contribution in [0.25, 0.3) is 0 Å². The summed E-state index contributed by atoms with van der Waals surface area (Å²) < 4.78 is 82.3. The monoisotopic (exact) mass is 200 g/mol. The van der Waals surface area contributed by atoms with Crippen LogP contribution < -0.4 is 0 Å². The fraction of sp³-hybridized carbons (Fsp3) is 0. The van der Waals surface area contributed by atoms with Gasteiger partial charge in [0.1, 0.15) is 0 Å². The molecular weight excluding hydrogens is 200 g/mol. The first-order valence-electron chi connectivity index (χ1n) is 2.01. The molecule has 72 valence electrons. The lowest BCUT2D eigenvalue weighted by Gasteiger charge is -1.69. The van der Waals surface area contributed by atoms with Crippen molar-refractivity contribution in [3.05, 3.63) is 24.3 Å². The maximum Gasteiger partial charge on any atom is 0.334 e. The Kier molecular flexibility index (Phi) is 7.45. The van der Waals surface area contributed by atoms with Gasteiger partial charge in [-0.25, -0.2) is 0 Å². The zero-order valence-electron chi connectivity index (χ0n) is 5.02. The van der Waals surface area contributed by atoms with Crippen LogP contribution in [-0.2, 0) is 0 Å². The third-order valence-electron chi connectivity index (χ3n) is 0.286. The van der Waals surface area contributed by atoms with E-state index in [9.17, 15) is 35.1 Å². The van der Waals surface area contributed by atoms with Crippen LogP contribution >= 0.6 is 0 Å². The third-order valence-corrected chi connectivity index (χ3v) is 0.286. The van der Waals surface area contributed by atoms with Crippen molar-refractivity contribution in [3.8, 4) is 0 Å². The molecule has 0 aliphatic rings. The van der Waals surface area contributed by atoms with Crippen LogP contribution in [0.3, 0.4) is 0 Å². The zero-order chi connectivity index (χ0) is 10.3. The van der Waals surface area contributed by atoms with Gasteiger partial charge in [-0.15, -0.1) is 0 Å². The first-order valence-corrected chi connectivity index (χ1v) is 2.01. The number of hydrogen-bond acceptors (Lipinski definition) is 0. The van der Waals surface area contributed by atoms with Crippen LogP contribution in [0.2, 0.25) is 0 Å². The zero-order valence-corrected chi connectivity index (χ0v) is 5.02. The SMILES string of the molecule is FC(F)=C(F)F.FC(F)=C(F)F. The molecular formula is C4F8. The van der Waals surface area contributed by atoms with Crippen molar-refractivity contribution in [1.82, 2.24) is 0 Å². The quantitative estimate of drug-likeness (QED) is 0.518. The first kappa shape index (κ1) is 13.5. The number of hydrogen-bond donors (Lipinski definition) is 0. The van der Waals surface area contributed by atoms with Crippen LogP contribution in [-0.4, -0.2) is 0 Å². The van der Waals surface area contributed by atoms with Gasteiger partial charge in [-0.05, 0) is 0 Å². The Labute approximate surface area is 60.8 Å². The van der Waals surface area contributed by atoms with Gasteiger partial charge in [-0.2, -0.15) is 35.1 Å². The average molecular weight is 200 g/mol. The molecule has 0 amide bonds. The summed E-state index contributed by atoms with van der Waals surface area (Å²) in [7, 11) is 0. The molecule has 0 saturated heterocycles. The van der Waals surface area contributed by atoms with E-state index in [1.165, 1.54) is 0 Å². The first-order chi connectivity index (χ1) is 5.29. The van der Waals surface area contributed by atoms with E-state index in [2.05, 4.69) is 0 Å². The van der Waals surface area contributed by atoms with Gasteiger partial charge in [-0.3, -0.25) is 0 Å². The van der Waals surface area contributed by atoms with Crippen molar-refractivity contribution >= 4 is 0 Å². The highest BCUT2D eigenvalue weighted by Gasteiger charge is 1.98. The van der Waals surface area contributed by atoms with E-state index >= 15 is 0 Å². The maximum absolute atomic E-state index is 10.3. The fourth-order valence-electron chi connectivity index (χ4n) is 0. The second kappa shape index (κ2) is 6.62. The van der Waals surface area contributed by atoms with Crippen molar-refractivity contribution in [2.45, 2.75) is 0 Å². The van der Waals surface area contributed by atoms with E-state index in [1.54, 1.807) is 0 Å². The Balaban J connectivity index is 0. The van der Waals surface area contributed by atoms with Crippen LogP contribution in [0.15, 0.2) is 24.3 Å². The lowest BCUT2D eigenvalue weighted by Crippen LogP contribution is -1.56. The summed E-state index contributed by atoms with van der Waals surface area (Å²) in [5.41, 5.74) is 0. The fourth-order valence-corrected chi connectivity index (χ4v) is 0. The minimum absolute atomic E-state index is 2.91. The Bertz CT molecular complexity index is 133. The molecule has 0 spiro atoms. The predicted octanol–water partition coefficient (Wildman–Crippen LogP) is 3.98. The normalized spacial score (nSPS) is 8.00. The summed E-state index contributed by atoms with van der Waals surface area (Å²) in [4.78, 5) is 0. The molecule has 8 heteroatoms. The van der Waals surface area contributed by atoms with Crippen LogP contribution in [0, 0.1) is 0 Å². The minimum Gasteiger partial charge on any atom is -0.167 e. The standard InChI is InChI=1S/2C2F4/c2*3-1(4)2(5)6. The molecule has 0 aromatic carbocycles. The maximum atomic E-state index is 10.3. The topological polar surface area (TPSA) is 0 Å². The van der Waals surface area contributed by atoms with Gasteiger partial charge in [0.25, 0.3) is 0 Å². The molecule has 0 bridgehead atoms. The van der Waals surface area contributed by atoms with E-state index in [-0.39, 0.29) is 0 Å². The summed E-state index contributed by atoms with van der Waals surface area (Å²) in [6, 6.07) is 0. The number of rotatable bonds is 0. The summed E-state index contributed by atoms with van der Waals surface area (Å²) >= 11 is 0. The third kappa shape index (κ3) is 11.7. The van der Waals surface area contributed by atoms with E-state index < -0.39 is 24.3 Å². The Morgan fingerprint density at radius 3 is 0.417 bits per heavy atom. The molecule has 12 heavy (non-hydrogen) atoms. The van der Waals surface area contributed by atoms with E-state index in [1.807, 2.05) is 0 Å². The molecule has 0 unspecified atom stereocenters. The summed E-state index contributed by atoms with van der Waals surface area (Å²) in [5.74, 6) is 0. The van der Waals surface area contributed by atoms with E-state index in [0.717, 1.165) is 0 Å². The average Bonchev–Trinajstić information content (AvgIpc) is 1.88. The summed E-state index contributed by atoms with van der Waals surface area (Å²) in [6.45, 7) is 0. The van der Waals surface area contributed by atoms with Crippen LogP contribution in [0.4, 0.5) is 35.1 Å².